The maximum atomic E-state index is 6.39. The lowest BCUT2D eigenvalue weighted by molar-refractivity contribution is 0.189. The molecule has 0 saturated carbocycles. The van der Waals surface area contributed by atoms with E-state index in [4.69, 9.17) is 32.5 Å². The lowest BCUT2D eigenvalue weighted by atomic mass is 10.2. The third-order valence-electron chi connectivity index (χ3n) is 4.44. The Hall–Kier alpha value is -2.39. The van der Waals surface area contributed by atoms with Crippen molar-refractivity contribution < 1.29 is 9.26 Å². The Labute approximate surface area is 193 Å². The zero-order valence-electron chi connectivity index (χ0n) is 16.7. The summed E-state index contributed by atoms with van der Waals surface area (Å²) in [6.45, 7) is 1.33. The number of hydrogen-bond acceptors (Lipinski definition) is 7. The molecule has 0 atom stereocenters. The van der Waals surface area contributed by atoms with Crippen LogP contribution in [0, 0.1) is 0 Å². The van der Waals surface area contributed by atoms with E-state index < -0.39 is 0 Å². The zero-order chi connectivity index (χ0) is 21.6. The Bertz CT molecular complexity index is 1160. The molecule has 0 amide bonds. The number of benzene rings is 2. The van der Waals surface area contributed by atoms with Crippen LogP contribution in [0.15, 0.2) is 58.2 Å². The van der Waals surface area contributed by atoms with Gasteiger partial charge in [0.25, 0.3) is 0 Å². The van der Waals surface area contributed by atoms with E-state index in [0.717, 1.165) is 22.7 Å². The summed E-state index contributed by atoms with van der Waals surface area (Å²) in [5.41, 5.74) is 1.64. The fraction of sp³-hybridized carbons (Fsp3) is 0.238. The fourth-order valence-electron chi connectivity index (χ4n) is 2.99. The highest BCUT2D eigenvalue weighted by molar-refractivity contribution is 7.98. The van der Waals surface area contributed by atoms with Crippen molar-refractivity contribution in [2.75, 3.05) is 13.7 Å². The maximum Gasteiger partial charge on any atom is 0.237 e. The molecule has 2 aromatic heterocycles. The van der Waals surface area contributed by atoms with Gasteiger partial charge in [-0.25, -0.2) is 0 Å². The SMILES string of the molecule is COCCCn1c(SCc2nc(-c3cccc(Cl)c3)no2)nnc1-c1ccccc1Cl. The molecule has 0 aliphatic rings. The Morgan fingerprint density at radius 1 is 1.10 bits per heavy atom. The second-order valence-electron chi connectivity index (χ2n) is 6.59. The van der Waals surface area contributed by atoms with Crippen molar-refractivity contribution in [2.24, 2.45) is 0 Å². The molecular formula is C21H19Cl2N5O2S. The molecule has 0 bridgehead atoms. The smallest absolute Gasteiger partial charge is 0.237 e. The first-order valence-electron chi connectivity index (χ1n) is 9.54. The molecular weight excluding hydrogens is 457 g/mol. The number of methoxy groups -OCH3 is 1. The van der Waals surface area contributed by atoms with E-state index in [1.165, 1.54) is 11.8 Å². The van der Waals surface area contributed by atoms with Gasteiger partial charge in [-0.05, 0) is 30.7 Å². The van der Waals surface area contributed by atoms with Crippen LogP contribution in [0.4, 0.5) is 0 Å². The Morgan fingerprint density at radius 2 is 1.97 bits per heavy atom. The van der Waals surface area contributed by atoms with E-state index in [0.29, 0.717) is 46.5 Å². The highest BCUT2D eigenvalue weighted by Gasteiger charge is 2.18. The highest BCUT2D eigenvalue weighted by atomic mass is 35.5. The number of hydrogen-bond donors (Lipinski definition) is 0. The third-order valence-corrected chi connectivity index (χ3v) is 5.95. The standard InChI is InChI=1S/C21H19Cl2N5O2S/c1-29-11-5-10-28-20(16-8-2-3-9-17(16)23)25-26-21(28)31-13-18-24-19(27-30-18)14-6-4-7-15(22)12-14/h2-4,6-9,12H,5,10-11,13H2,1H3. The topological polar surface area (TPSA) is 78.9 Å². The molecule has 160 valence electrons. The Morgan fingerprint density at radius 3 is 2.77 bits per heavy atom. The average Bonchev–Trinajstić information content (AvgIpc) is 3.40. The van der Waals surface area contributed by atoms with Crippen LogP contribution in [0.25, 0.3) is 22.8 Å². The first-order valence-corrected chi connectivity index (χ1v) is 11.3. The van der Waals surface area contributed by atoms with Crippen molar-refractivity contribution in [2.45, 2.75) is 23.9 Å². The van der Waals surface area contributed by atoms with Crippen molar-refractivity contribution >= 4 is 35.0 Å². The Kier molecular flexibility index (Phi) is 7.24. The van der Waals surface area contributed by atoms with Gasteiger partial charge in [-0.15, -0.1) is 10.2 Å². The van der Waals surface area contributed by atoms with Gasteiger partial charge < -0.3 is 13.8 Å². The van der Waals surface area contributed by atoms with Gasteiger partial charge in [0.1, 0.15) is 0 Å². The second-order valence-corrected chi connectivity index (χ2v) is 8.38. The summed E-state index contributed by atoms with van der Waals surface area (Å²) in [6.07, 6.45) is 0.818. The molecule has 10 heteroatoms. The number of thioether (sulfide) groups is 1. The number of halogens is 2. The molecule has 0 N–H and O–H groups in total. The molecule has 4 rings (SSSR count). The quantitative estimate of drug-likeness (QED) is 0.229. The van der Waals surface area contributed by atoms with Gasteiger partial charge in [0.2, 0.25) is 11.7 Å². The molecule has 0 unspecified atom stereocenters. The van der Waals surface area contributed by atoms with Crippen molar-refractivity contribution in [1.29, 1.82) is 0 Å². The van der Waals surface area contributed by atoms with Crippen molar-refractivity contribution in [3.63, 3.8) is 0 Å². The largest absolute Gasteiger partial charge is 0.385 e. The number of nitrogens with zero attached hydrogens (tertiary/aromatic N) is 5. The number of rotatable bonds is 9. The molecule has 31 heavy (non-hydrogen) atoms. The minimum atomic E-state index is 0.457. The first-order chi connectivity index (χ1) is 15.2. The summed E-state index contributed by atoms with van der Waals surface area (Å²) in [5, 5.41) is 14.8. The highest BCUT2D eigenvalue weighted by Crippen LogP contribution is 2.31. The van der Waals surface area contributed by atoms with Gasteiger partial charge in [0.05, 0.1) is 10.8 Å². The first kappa shape index (κ1) is 21.8. The molecule has 2 aromatic carbocycles. The molecule has 4 aromatic rings. The van der Waals surface area contributed by atoms with Gasteiger partial charge in [-0.3, -0.25) is 0 Å². The monoisotopic (exact) mass is 475 g/mol. The van der Waals surface area contributed by atoms with Crippen LogP contribution in [-0.4, -0.2) is 38.6 Å². The molecule has 0 aliphatic carbocycles. The van der Waals surface area contributed by atoms with Gasteiger partial charge >= 0.3 is 0 Å². The van der Waals surface area contributed by atoms with Gasteiger partial charge in [0, 0.05) is 36.4 Å². The van der Waals surface area contributed by atoms with Gasteiger partial charge in [0.15, 0.2) is 11.0 Å². The lowest BCUT2D eigenvalue weighted by Crippen LogP contribution is -2.05. The average molecular weight is 476 g/mol. The molecule has 0 saturated heterocycles. The van der Waals surface area contributed by atoms with Crippen molar-refractivity contribution in [3.8, 4) is 22.8 Å². The fourth-order valence-corrected chi connectivity index (χ4v) is 4.20. The van der Waals surface area contributed by atoms with Gasteiger partial charge in [-0.2, -0.15) is 4.98 Å². The second kappa shape index (κ2) is 10.3. The number of ether oxygens (including phenoxy) is 1. The summed E-state index contributed by atoms with van der Waals surface area (Å²) < 4.78 is 12.6. The summed E-state index contributed by atoms with van der Waals surface area (Å²) in [7, 11) is 1.68. The number of aromatic nitrogens is 5. The maximum absolute atomic E-state index is 6.39. The molecule has 0 aliphatic heterocycles. The molecule has 7 nitrogen and oxygen atoms in total. The van der Waals surface area contributed by atoms with Crippen LogP contribution in [-0.2, 0) is 17.0 Å². The van der Waals surface area contributed by atoms with E-state index in [1.54, 1.807) is 19.2 Å². The van der Waals surface area contributed by atoms with Crippen LogP contribution in [0.5, 0.6) is 0 Å². The van der Waals surface area contributed by atoms with Gasteiger partial charge in [-0.1, -0.05) is 64.4 Å². The lowest BCUT2D eigenvalue weighted by Gasteiger charge is -2.10. The molecule has 2 heterocycles. The summed E-state index contributed by atoms with van der Waals surface area (Å²) >= 11 is 13.9. The van der Waals surface area contributed by atoms with E-state index in [1.807, 2.05) is 41.0 Å². The van der Waals surface area contributed by atoms with E-state index >= 15 is 0 Å². The Balaban J connectivity index is 1.54. The van der Waals surface area contributed by atoms with Crippen LogP contribution in [0.2, 0.25) is 10.0 Å². The third kappa shape index (κ3) is 5.27. The van der Waals surface area contributed by atoms with E-state index in [9.17, 15) is 0 Å². The van der Waals surface area contributed by atoms with E-state index in [-0.39, 0.29) is 0 Å². The minimum absolute atomic E-state index is 0.457. The van der Waals surface area contributed by atoms with E-state index in [2.05, 4.69) is 20.3 Å². The van der Waals surface area contributed by atoms with Crippen molar-refractivity contribution in [3.05, 3.63) is 64.5 Å². The van der Waals surface area contributed by atoms with Crippen LogP contribution < -0.4 is 0 Å². The van der Waals surface area contributed by atoms with Crippen LogP contribution in [0.3, 0.4) is 0 Å². The zero-order valence-corrected chi connectivity index (χ0v) is 19.0. The predicted octanol–water partition coefficient (Wildman–Crippen LogP) is 5.63. The molecule has 0 radical (unpaired) electrons. The predicted molar refractivity (Wildman–Crippen MR) is 121 cm³/mol. The summed E-state index contributed by atoms with van der Waals surface area (Å²) in [6, 6.07) is 14.9. The minimum Gasteiger partial charge on any atom is -0.385 e. The normalized spacial score (nSPS) is 11.2. The summed E-state index contributed by atoms with van der Waals surface area (Å²) in [4.78, 5) is 4.47. The van der Waals surface area contributed by atoms with Crippen LogP contribution in [0.1, 0.15) is 12.3 Å². The summed E-state index contributed by atoms with van der Waals surface area (Å²) in [5.74, 6) is 2.16. The van der Waals surface area contributed by atoms with Crippen LogP contribution >= 0.6 is 35.0 Å². The van der Waals surface area contributed by atoms with Crippen molar-refractivity contribution in [1.82, 2.24) is 24.9 Å². The molecule has 0 spiro atoms. The molecule has 0 fully saturated rings.